The highest BCUT2D eigenvalue weighted by Gasteiger charge is 2.11. The second kappa shape index (κ2) is 7.59. The van der Waals surface area contributed by atoms with Crippen LogP contribution in [0.15, 0.2) is 18.2 Å². The average Bonchev–Trinajstić information content (AvgIpc) is 2.28. The number of thiocarbonyl (C=S) groups is 1. The minimum Gasteiger partial charge on any atom is -0.389 e. The molecule has 3 N–H and O–H groups in total. The highest BCUT2D eigenvalue weighted by Crippen LogP contribution is 2.25. The zero-order valence-corrected chi connectivity index (χ0v) is 12.6. The third-order valence-corrected chi connectivity index (χ3v) is 3.42. The quantitative estimate of drug-likeness (QED) is 0.577. The van der Waals surface area contributed by atoms with Gasteiger partial charge >= 0.3 is 0 Å². The maximum atomic E-state index is 6.13. The topological polar surface area (TPSA) is 38.0 Å². The molecule has 1 aromatic carbocycles. The number of benzene rings is 1. The van der Waals surface area contributed by atoms with E-state index in [9.17, 15) is 0 Å². The Bertz CT molecular complexity index is 407. The SMILES string of the molecule is CCCCCC(C)Nc1cccc(Cl)c1C(N)=S. The number of unbranched alkanes of at least 4 members (excludes halogenated alkanes) is 2. The molecule has 1 unspecified atom stereocenters. The number of rotatable bonds is 7. The minimum absolute atomic E-state index is 0.337. The van der Waals surface area contributed by atoms with Crippen molar-refractivity contribution in [1.82, 2.24) is 0 Å². The smallest absolute Gasteiger partial charge is 0.107 e. The molecular weight excluding hydrogens is 264 g/mol. The van der Waals surface area contributed by atoms with Crippen LogP contribution >= 0.6 is 23.8 Å². The van der Waals surface area contributed by atoms with Crippen molar-refractivity contribution in [3.63, 3.8) is 0 Å². The summed E-state index contributed by atoms with van der Waals surface area (Å²) in [5, 5.41) is 4.04. The van der Waals surface area contributed by atoms with Crippen molar-refractivity contribution in [2.24, 2.45) is 5.73 Å². The number of nitrogens with two attached hydrogens (primary N) is 1. The van der Waals surface area contributed by atoms with E-state index in [1.165, 1.54) is 19.3 Å². The van der Waals surface area contributed by atoms with Crippen molar-refractivity contribution in [3.05, 3.63) is 28.8 Å². The lowest BCUT2D eigenvalue weighted by Crippen LogP contribution is -2.19. The van der Waals surface area contributed by atoms with Crippen LogP contribution in [-0.2, 0) is 0 Å². The first-order valence-corrected chi connectivity index (χ1v) is 7.19. The fourth-order valence-electron chi connectivity index (χ4n) is 1.93. The summed E-state index contributed by atoms with van der Waals surface area (Å²) in [6.45, 7) is 4.37. The van der Waals surface area contributed by atoms with Gasteiger partial charge in [0.25, 0.3) is 0 Å². The van der Waals surface area contributed by atoms with Gasteiger partial charge in [-0.1, -0.05) is 56.1 Å². The van der Waals surface area contributed by atoms with Crippen LogP contribution in [-0.4, -0.2) is 11.0 Å². The molecule has 2 nitrogen and oxygen atoms in total. The van der Waals surface area contributed by atoms with Crippen LogP contribution in [0.3, 0.4) is 0 Å². The standard InChI is InChI=1S/C14H21ClN2S/c1-3-4-5-7-10(2)17-12-9-6-8-11(15)13(12)14(16)18/h6,8-10,17H,3-5,7H2,1-2H3,(H2,16,18). The summed E-state index contributed by atoms with van der Waals surface area (Å²) < 4.78 is 0. The Morgan fingerprint density at radius 3 is 2.78 bits per heavy atom. The zero-order chi connectivity index (χ0) is 13.5. The molecule has 0 heterocycles. The molecule has 100 valence electrons. The Hall–Kier alpha value is -0.800. The Balaban J connectivity index is 2.72. The zero-order valence-electron chi connectivity index (χ0n) is 11.0. The monoisotopic (exact) mass is 284 g/mol. The van der Waals surface area contributed by atoms with Crippen molar-refractivity contribution >= 4 is 34.5 Å². The van der Waals surface area contributed by atoms with Gasteiger partial charge in [-0.2, -0.15) is 0 Å². The van der Waals surface area contributed by atoms with E-state index in [0.29, 0.717) is 16.1 Å². The molecule has 0 aliphatic rings. The number of hydrogen-bond donors (Lipinski definition) is 2. The Kier molecular flexibility index (Phi) is 6.44. The number of halogens is 1. The predicted octanol–water partition coefficient (Wildman–Crippen LogP) is 4.35. The maximum absolute atomic E-state index is 6.13. The third-order valence-electron chi connectivity index (χ3n) is 2.90. The van der Waals surface area contributed by atoms with Gasteiger partial charge in [0, 0.05) is 11.7 Å². The molecule has 0 bridgehead atoms. The van der Waals surface area contributed by atoms with Crippen LogP contribution < -0.4 is 11.1 Å². The third kappa shape index (κ3) is 4.46. The van der Waals surface area contributed by atoms with Gasteiger partial charge in [0.15, 0.2) is 0 Å². The minimum atomic E-state index is 0.337. The van der Waals surface area contributed by atoms with E-state index in [-0.39, 0.29) is 0 Å². The Labute approximate surface area is 120 Å². The van der Waals surface area contributed by atoms with E-state index in [1.807, 2.05) is 18.2 Å². The largest absolute Gasteiger partial charge is 0.389 e. The molecular formula is C14H21ClN2S. The van der Waals surface area contributed by atoms with E-state index in [2.05, 4.69) is 19.2 Å². The van der Waals surface area contributed by atoms with Crippen LogP contribution in [0.5, 0.6) is 0 Å². The summed E-state index contributed by atoms with van der Waals surface area (Å²) in [5.41, 5.74) is 7.40. The summed E-state index contributed by atoms with van der Waals surface area (Å²) in [5.74, 6) is 0. The summed E-state index contributed by atoms with van der Waals surface area (Å²) >= 11 is 11.2. The molecule has 0 saturated heterocycles. The lowest BCUT2D eigenvalue weighted by Gasteiger charge is -2.18. The van der Waals surface area contributed by atoms with Gasteiger partial charge in [0.2, 0.25) is 0 Å². The maximum Gasteiger partial charge on any atom is 0.107 e. The molecule has 0 fully saturated rings. The molecule has 18 heavy (non-hydrogen) atoms. The van der Waals surface area contributed by atoms with Crippen molar-refractivity contribution in [2.45, 2.75) is 45.6 Å². The summed E-state index contributed by atoms with van der Waals surface area (Å²) in [4.78, 5) is 0.337. The van der Waals surface area contributed by atoms with Crippen molar-refractivity contribution in [3.8, 4) is 0 Å². The van der Waals surface area contributed by atoms with E-state index < -0.39 is 0 Å². The first-order chi connectivity index (χ1) is 8.56. The summed E-state index contributed by atoms with van der Waals surface area (Å²) in [7, 11) is 0. The molecule has 0 amide bonds. The molecule has 0 aliphatic carbocycles. The van der Waals surface area contributed by atoms with Crippen LogP contribution in [0.4, 0.5) is 5.69 Å². The van der Waals surface area contributed by atoms with Gasteiger partial charge in [-0.05, 0) is 25.5 Å². The molecule has 4 heteroatoms. The first-order valence-electron chi connectivity index (χ1n) is 6.41. The van der Waals surface area contributed by atoms with Crippen LogP contribution in [0.25, 0.3) is 0 Å². The molecule has 0 spiro atoms. The van der Waals surface area contributed by atoms with Gasteiger partial charge < -0.3 is 11.1 Å². The van der Waals surface area contributed by atoms with Gasteiger partial charge in [-0.15, -0.1) is 0 Å². The fraction of sp³-hybridized carbons (Fsp3) is 0.500. The molecule has 1 aromatic rings. The van der Waals surface area contributed by atoms with Gasteiger partial charge in [-0.3, -0.25) is 0 Å². The highest BCUT2D eigenvalue weighted by molar-refractivity contribution is 7.80. The lowest BCUT2D eigenvalue weighted by molar-refractivity contribution is 0.615. The lowest BCUT2D eigenvalue weighted by atomic mass is 10.1. The molecule has 1 rings (SSSR count). The second-order valence-electron chi connectivity index (χ2n) is 4.57. The van der Waals surface area contributed by atoms with Crippen molar-refractivity contribution in [1.29, 1.82) is 0 Å². The molecule has 1 atom stereocenters. The van der Waals surface area contributed by atoms with E-state index in [0.717, 1.165) is 17.7 Å². The van der Waals surface area contributed by atoms with Crippen LogP contribution in [0.1, 0.15) is 45.1 Å². The molecule has 0 aromatic heterocycles. The van der Waals surface area contributed by atoms with E-state index >= 15 is 0 Å². The van der Waals surface area contributed by atoms with Crippen molar-refractivity contribution < 1.29 is 0 Å². The molecule has 0 radical (unpaired) electrons. The van der Waals surface area contributed by atoms with Gasteiger partial charge in [0.05, 0.1) is 10.6 Å². The van der Waals surface area contributed by atoms with Gasteiger partial charge in [0.1, 0.15) is 4.99 Å². The van der Waals surface area contributed by atoms with Gasteiger partial charge in [-0.25, -0.2) is 0 Å². The second-order valence-corrected chi connectivity index (χ2v) is 5.41. The molecule has 0 saturated carbocycles. The average molecular weight is 285 g/mol. The molecule has 0 aliphatic heterocycles. The predicted molar refractivity (Wildman–Crippen MR) is 84.6 cm³/mol. The van der Waals surface area contributed by atoms with E-state index in [1.54, 1.807) is 0 Å². The number of hydrogen-bond acceptors (Lipinski definition) is 2. The fourth-order valence-corrected chi connectivity index (χ4v) is 2.49. The first kappa shape index (κ1) is 15.3. The summed E-state index contributed by atoms with van der Waals surface area (Å²) in [6.07, 6.45) is 4.87. The summed E-state index contributed by atoms with van der Waals surface area (Å²) in [6, 6.07) is 6.08. The van der Waals surface area contributed by atoms with E-state index in [4.69, 9.17) is 29.6 Å². The number of anilines is 1. The highest BCUT2D eigenvalue weighted by atomic mass is 35.5. The normalized spacial score (nSPS) is 12.2. The Morgan fingerprint density at radius 1 is 1.44 bits per heavy atom. The Morgan fingerprint density at radius 2 is 2.17 bits per heavy atom. The van der Waals surface area contributed by atoms with Crippen LogP contribution in [0, 0.1) is 0 Å². The van der Waals surface area contributed by atoms with Crippen molar-refractivity contribution in [2.75, 3.05) is 5.32 Å². The van der Waals surface area contributed by atoms with Crippen LogP contribution in [0.2, 0.25) is 5.02 Å². The number of nitrogens with one attached hydrogen (secondary N) is 1.